The van der Waals surface area contributed by atoms with E-state index in [-0.39, 0.29) is 5.41 Å². The van der Waals surface area contributed by atoms with Crippen molar-refractivity contribution in [3.63, 3.8) is 0 Å². The lowest BCUT2D eigenvalue weighted by atomic mass is 9.90. The van der Waals surface area contributed by atoms with Crippen molar-refractivity contribution >= 4 is 5.82 Å². The molecule has 0 saturated carbocycles. The number of nitrogens with two attached hydrogens (primary N) is 1. The van der Waals surface area contributed by atoms with Gasteiger partial charge in [-0.3, -0.25) is 0 Å². The predicted molar refractivity (Wildman–Crippen MR) is 67.3 cm³/mol. The molecule has 0 aliphatic carbocycles. The number of nitrogens with zero attached hydrogens (tertiary/aromatic N) is 2. The second kappa shape index (κ2) is 4.20. The summed E-state index contributed by atoms with van der Waals surface area (Å²) in [4.78, 5) is 4.20. The Labute approximate surface area is 101 Å². The van der Waals surface area contributed by atoms with Gasteiger partial charge in [0.25, 0.3) is 0 Å². The van der Waals surface area contributed by atoms with Crippen molar-refractivity contribution in [3.8, 4) is 11.5 Å². The number of aromatic nitrogens is 2. The topological polar surface area (TPSA) is 64.9 Å². The van der Waals surface area contributed by atoms with Gasteiger partial charge in [0, 0.05) is 6.07 Å². The molecule has 4 heteroatoms. The van der Waals surface area contributed by atoms with Gasteiger partial charge in [0.15, 0.2) is 5.76 Å². The third-order valence-corrected chi connectivity index (χ3v) is 2.29. The van der Waals surface area contributed by atoms with Crippen LogP contribution in [0.2, 0.25) is 0 Å². The summed E-state index contributed by atoms with van der Waals surface area (Å²) in [6.07, 6.45) is 0.874. The maximum Gasteiger partial charge on any atom is 0.185 e. The number of hydrogen-bond donors (Lipinski definition) is 1. The van der Waals surface area contributed by atoms with Gasteiger partial charge in [0.1, 0.15) is 11.5 Å². The van der Waals surface area contributed by atoms with Crippen LogP contribution in [0.3, 0.4) is 0 Å². The highest BCUT2D eigenvalue weighted by molar-refractivity contribution is 5.54. The van der Waals surface area contributed by atoms with E-state index in [0.717, 1.165) is 17.8 Å². The number of anilines is 1. The Morgan fingerprint density at radius 3 is 2.71 bits per heavy atom. The summed E-state index contributed by atoms with van der Waals surface area (Å²) in [7, 11) is 0. The molecule has 4 nitrogen and oxygen atoms in total. The lowest BCUT2D eigenvalue weighted by Crippen LogP contribution is -2.09. The van der Waals surface area contributed by atoms with Crippen LogP contribution in [0.4, 0.5) is 5.82 Å². The van der Waals surface area contributed by atoms with Crippen molar-refractivity contribution in [2.75, 3.05) is 5.73 Å². The van der Waals surface area contributed by atoms with Crippen LogP contribution in [-0.2, 0) is 6.42 Å². The monoisotopic (exact) mass is 231 g/mol. The SMILES string of the molecule is CC(C)(C)Cc1cc(-c2cccc(N)n2)on1. The first kappa shape index (κ1) is 11.6. The van der Waals surface area contributed by atoms with Gasteiger partial charge in [-0.15, -0.1) is 0 Å². The Morgan fingerprint density at radius 1 is 1.29 bits per heavy atom. The largest absolute Gasteiger partial charge is 0.384 e. The Hall–Kier alpha value is -1.84. The average molecular weight is 231 g/mol. The highest BCUT2D eigenvalue weighted by Crippen LogP contribution is 2.24. The van der Waals surface area contributed by atoms with E-state index < -0.39 is 0 Å². The summed E-state index contributed by atoms with van der Waals surface area (Å²) in [5.74, 6) is 1.15. The van der Waals surface area contributed by atoms with Gasteiger partial charge in [-0.1, -0.05) is 32.0 Å². The highest BCUT2D eigenvalue weighted by atomic mass is 16.5. The van der Waals surface area contributed by atoms with Crippen LogP contribution in [0.25, 0.3) is 11.5 Å². The smallest absolute Gasteiger partial charge is 0.185 e. The van der Waals surface area contributed by atoms with Crippen LogP contribution in [-0.4, -0.2) is 10.1 Å². The van der Waals surface area contributed by atoms with E-state index >= 15 is 0 Å². The van der Waals surface area contributed by atoms with Gasteiger partial charge in [-0.05, 0) is 24.0 Å². The first-order valence-electron chi connectivity index (χ1n) is 5.62. The van der Waals surface area contributed by atoms with Crippen molar-refractivity contribution in [3.05, 3.63) is 30.0 Å². The van der Waals surface area contributed by atoms with E-state index in [1.54, 1.807) is 6.07 Å². The zero-order valence-electron chi connectivity index (χ0n) is 10.4. The quantitative estimate of drug-likeness (QED) is 0.863. The van der Waals surface area contributed by atoms with E-state index in [9.17, 15) is 0 Å². The lowest BCUT2D eigenvalue weighted by molar-refractivity contribution is 0.375. The van der Waals surface area contributed by atoms with E-state index in [1.165, 1.54) is 0 Å². The Bertz CT molecular complexity index is 511. The molecule has 0 unspecified atom stereocenters. The molecule has 0 aliphatic rings. The van der Waals surface area contributed by atoms with E-state index in [2.05, 4.69) is 30.9 Å². The third-order valence-electron chi connectivity index (χ3n) is 2.29. The van der Waals surface area contributed by atoms with Crippen LogP contribution in [0, 0.1) is 5.41 Å². The number of nitrogen functional groups attached to an aromatic ring is 1. The molecule has 0 aliphatic heterocycles. The number of rotatable bonds is 2. The van der Waals surface area contributed by atoms with Gasteiger partial charge >= 0.3 is 0 Å². The first-order valence-corrected chi connectivity index (χ1v) is 5.62. The van der Waals surface area contributed by atoms with Crippen molar-refractivity contribution in [2.24, 2.45) is 5.41 Å². The molecule has 2 N–H and O–H groups in total. The minimum absolute atomic E-state index is 0.192. The molecular formula is C13H17N3O. The summed E-state index contributed by atoms with van der Waals surface area (Å²) < 4.78 is 5.28. The molecule has 0 bridgehead atoms. The van der Waals surface area contributed by atoms with Gasteiger partial charge in [0.05, 0.1) is 5.69 Å². The zero-order chi connectivity index (χ0) is 12.5. The Morgan fingerprint density at radius 2 is 2.06 bits per heavy atom. The summed E-state index contributed by atoms with van der Waals surface area (Å²) in [5, 5.41) is 4.05. The summed E-state index contributed by atoms with van der Waals surface area (Å²) in [5.41, 5.74) is 7.48. The van der Waals surface area contributed by atoms with Crippen LogP contribution in [0.1, 0.15) is 26.5 Å². The standard InChI is InChI=1S/C13H17N3O/c1-13(2,3)8-9-7-11(17-16-9)10-5-4-6-12(14)15-10/h4-7H,8H2,1-3H3,(H2,14,15). The molecule has 0 saturated heterocycles. The average Bonchev–Trinajstić information content (AvgIpc) is 2.63. The van der Waals surface area contributed by atoms with Crippen LogP contribution in [0.5, 0.6) is 0 Å². The van der Waals surface area contributed by atoms with Crippen LogP contribution in [0.15, 0.2) is 28.8 Å². The van der Waals surface area contributed by atoms with Crippen LogP contribution < -0.4 is 5.73 Å². The third kappa shape index (κ3) is 3.06. The molecule has 2 aromatic heterocycles. The molecule has 0 amide bonds. The van der Waals surface area contributed by atoms with Gasteiger partial charge < -0.3 is 10.3 Å². The van der Waals surface area contributed by atoms with E-state index in [4.69, 9.17) is 10.3 Å². The second-order valence-electron chi connectivity index (χ2n) is 5.37. The minimum Gasteiger partial charge on any atom is -0.384 e. The fraction of sp³-hybridized carbons (Fsp3) is 0.385. The fourth-order valence-electron chi connectivity index (χ4n) is 1.65. The Balaban J connectivity index is 2.24. The van der Waals surface area contributed by atoms with Crippen molar-refractivity contribution in [2.45, 2.75) is 27.2 Å². The molecule has 17 heavy (non-hydrogen) atoms. The molecule has 2 aromatic rings. The summed E-state index contributed by atoms with van der Waals surface area (Å²) >= 11 is 0. The summed E-state index contributed by atoms with van der Waals surface area (Å²) in [6.45, 7) is 6.50. The molecule has 2 heterocycles. The minimum atomic E-state index is 0.192. The molecule has 0 atom stereocenters. The Kier molecular flexibility index (Phi) is 2.88. The fourth-order valence-corrected chi connectivity index (χ4v) is 1.65. The molecule has 0 spiro atoms. The van der Waals surface area contributed by atoms with Crippen molar-refractivity contribution < 1.29 is 4.52 Å². The van der Waals surface area contributed by atoms with Crippen LogP contribution >= 0.6 is 0 Å². The maximum absolute atomic E-state index is 5.63. The molecule has 0 radical (unpaired) electrons. The summed E-state index contributed by atoms with van der Waals surface area (Å²) in [6, 6.07) is 7.38. The molecule has 90 valence electrons. The van der Waals surface area contributed by atoms with Crippen molar-refractivity contribution in [1.29, 1.82) is 0 Å². The van der Waals surface area contributed by atoms with Crippen molar-refractivity contribution in [1.82, 2.24) is 10.1 Å². The van der Waals surface area contributed by atoms with E-state index in [1.807, 2.05) is 18.2 Å². The number of pyridine rings is 1. The predicted octanol–water partition coefficient (Wildman–Crippen LogP) is 2.91. The first-order chi connectivity index (χ1) is 7.94. The van der Waals surface area contributed by atoms with E-state index in [0.29, 0.717) is 11.6 Å². The normalized spacial score (nSPS) is 11.7. The second-order valence-corrected chi connectivity index (χ2v) is 5.37. The molecule has 0 aromatic carbocycles. The molecular weight excluding hydrogens is 214 g/mol. The van der Waals surface area contributed by atoms with Gasteiger partial charge in [-0.2, -0.15) is 0 Å². The number of hydrogen-bond acceptors (Lipinski definition) is 4. The highest BCUT2D eigenvalue weighted by Gasteiger charge is 2.15. The molecule has 0 fully saturated rings. The lowest BCUT2D eigenvalue weighted by Gasteiger charge is -2.14. The van der Waals surface area contributed by atoms with Gasteiger partial charge in [-0.25, -0.2) is 4.98 Å². The van der Waals surface area contributed by atoms with Gasteiger partial charge in [0.2, 0.25) is 0 Å². The molecule has 2 rings (SSSR count). The zero-order valence-corrected chi connectivity index (χ0v) is 10.4. The maximum atomic E-state index is 5.63.